The van der Waals surface area contributed by atoms with Crippen molar-refractivity contribution in [1.29, 1.82) is 0 Å². The Morgan fingerprint density at radius 1 is 1.12 bits per heavy atom. The molecule has 2 aromatic carbocycles. The molecule has 0 aliphatic carbocycles. The number of hydrogen-bond donors (Lipinski definition) is 1. The number of carbonyl (C=O) groups excluding carboxylic acids is 1. The van der Waals surface area contributed by atoms with Gasteiger partial charge in [-0.2, -0.15) is 0 Å². The van der Waals surface area contributed by atoms with Crippen molar-refractivity contribution < 1.29 is 18.3 Å². The number of aromatic nitrogens is 2. The van der Waals surface area contributed by atoms with Gasteiger partial charge in [-0.05, 0) is 49.6 Å². The molecule has 2 aliphatic rings. The molecule has 4 aromatic rings. The fraction of sp³-hybridized carbons (Fsp3) is 0.344. The molecule has 0 radical (unpaired) electrons. The molecule has 11 heteroatoms. The monoisotopic (exact) mass is 607 g/mol. The van der Waals surface area contributed by atoms with Crippen LogP contribution in [-0.4, -0.2) is 54.8 Å². The largest absolute Gasteiger partial charge is 0.496 e. The van der Waals surface area contributed by atoms with Gasteiger partial charge in [0.1, 0.15) is 23.3 Å². The molecule has 8 nitrogen and oxygen atoms in total. The first kappa shape index (κ1) is 29.1. The van der Waals surface area contributed by atoms with E-state index in [1.54, 1.807) is 25.4 Å². The number of aryl methyl sites for hydroxylation is 1. The molecule has 0 saturated carbocycles. The lowest BCUT2D eigenvalue weighted by atomic mass is 9.95. The topological polar surface area (TPSA) is 79.7 Å². The van der Waals surface area contributed by atoms with E-state index in [9.17, 15) is 9.59 Å². The Labute approximate surface area is 252 Å². The number of piperazine rings is 1. The maximum absolute atomic E-state index is 17.3. The lowest BCUT2D eigenvalue weighted by Gasteiger charge is -2.46. The molecule has 0 unspecified atom stereocenters. The molecular formula is C32H32ClF2N5O3. The van der Waals surface area contributed by atoms with Crippen LogP contribution in [-0.2, 0) is 4.79 Å². The van der Waals surface area contributed by atoms with Gasteiger partial charge in [-0.15, -0.1) is 0 Å². The second-order valence-corrected chi connectivity index (χ2v) is 11.9. The summed E-state index contributed by atoms with van der Waals surface area (Å²) in [6.07, 6.45) is 1.64. The summed E-state index contributed by atoms with van der Waals surface area (Å²) in [7, 11) is 2.92. The van der Waals surface area contributed by atoms with Gasteiger partial charge in [-0.25, -0.2) is 8.78 Å². The van der Waals surface area contributed by atoms with Crippen molar-refractivity contribution >= 4 is 39.8 Å². The van der Waals surface area contributed by atoms with Crippen molar-refractivity contribution in [3.05, 3.63) is 74.8 Å². The molecule has 1 N–H and O–H groups in total. The summed E-state index contributed by atoms with van der Waals surface area (Å²) in [4.78, 5) is 36.1. The standard InChI is InChI=1S/C32H32ClF2N5O3/c1-15(2)26-27(16(3)10-11-36-26)40-28-18(12-19(33)23(25(28)35)24-20(34)8-7-9-22(24)43-6)29-30(32(40)42)38(5)31(41)21-13-37-17(4)14-39(21)29/h7-12,15,17,21,37H,13-14H2,1-6H3/t17-,21-/m1/s1. The maximum atomic E-state index is 17.3. The molecule has 2 aromatic heterocycles. The van der Waals surface area contributed by atoms with E-state index in [0.717, 1.165) is 0 Å². The zero-order valence-electron chi connectivity index (χ0n) is 24.8. The van der Waals surface area contributed by atoms with Gasteiger partial charge >= 0.3 is 0 Å². The number of amides is 1. The van der Waals surface area contributed by atoms with E-state index in [2.05, 4.69) is 10.3 Å². The van der Waals surface area contributed by atoms with E-state index in [1.807, 2.05) is 32.6 Å². The summed E-state index contributed by atoms with van der Waals surface area (Å²) in [5.41, 5.74) is 1.13. The third kappa shape index (κ3) is 4.30. The number of anilines is 2. The van der Waals surface area contributed by atoms with Crippen molar-refractivity contribution in [3.63, 3.8) is 0 Å². The van der Waals surface area contributed by atoms with Gasteiger partial charge in [-0.3, -0.25) is 19.1 Å². The van der Waals surface area contributed by atoms with Crippen LogP contribution in [0.2, 0.25) is 5.02 Å². The Morgan fingerprint density at radius 3 is 2.56 bits per heavy atom. The predicted octanol–water partition coefficient (Wildman–Crippen LogP) is 5.57. The number of ether oxygens (including phenoxy) is 1. The van der Waals surface area contributed by atoms with Crippen LogP contribution in [0.15, 0.2) is 41.3 Å². The minimum atomic E-state index is -0.886. The molecule has 1 amide bonds. The molecule has 0 bridgehead atoms. The third-order valence-corrected chi connectivity index (χ3v) is 8.71. The highest BCUT2D eigenvalue weighted by molar-refractivity contribution is 6.35. The second-order valence-electron chi connectivity index (χ2n) is 11.5. The Kier molecular flexibility index (Phi) is 7.17. The lowest BCUT2D eigenvalue weighted by Crippen LogP contribution is -2.64. The highest BCUT2D eigenvalue weighted by Gasteiger charge is 2.43. The van der Waals surface area contributed by atoms with Crippen molar-refractivity contribution in [2.24, 2.45) is 0 Å². The van der Waals surface area contributed by atoms with E-state index in [1.165, 1.54) is 34.8 Å². The van der Waals surface area contributed by atoms with Crippen molar-refractivity contribution in [1.82, 2.24) is 14.9 Å². The molecule has 2 atom stereocenters. The SMILES string of the molecule is COc1cccc(F)c1-c1c(Cl)cc2c3c(c(=O)n(-c4c(C)ccnc4C(C)C)c2c1F)N(C)C(=O)[C@H]1CN[C@H](C)CN31. The number of carbonyl (C=O) groups is 1. The molecule has 0 spiro atoms. The number of benzene rings is 2. The minimum Gasteiger partial charge on any atom is -0.496 e. The molecule has 6 rings (SSSR count). The first-order valence-corrected chi connectivity index (χ1v) is 14.5. The van der Waals surface area contributed by atoms with Crippen LogP contribution in [0, 0.1) is 18.6 Å². The number of nitrogens with zero attached hydrogens (tertiary/aromatic N) is 4. The highest BCUT2D eigenvalue weighted by atomic mass is 35.5. The van der Waals surface area contributed by atoms with Crippen LogP contribution in [0.4, 0.5) is 20.2 Å². The number of likely N-dealkylation sites (N-methyl/N-ethyl adjacent to an activating group) is 1. The van der Waals surface area contributed by atoms with E-state index in [0.29, 0.717) is 41.1 Å². The lowest BCUT2D eigenvalue weighted by molar-refractivity contribution is -0.120. The van der Waals surface area contributed by atoms with Gasteiger partial charge in [0.15, 0.2) is 5.82 Å². The normalized spacial score (nSPS) is 18.3. The molecule has 43 heavy (non-hydrogen) atoms. The quantitative estimate of drug-likeness (QED) is 0.327. The summed E-state index contributed by atoms with van der Waals surface area (Å²) in [5.74, 6) is -1.90. The Bertz CT molecular complexity index is 1880. The fourth-order valence-electron chi connectivity index (χ4n) is 6.39. The fourth-order valence-corrected chi connectivity index (χ4v) is 6.68. The minimum absolute atomic E-state index is 0.00633. The van der Waals surface area contributed by atoms with Gasteiger partial charge < -0.3 is 19.9 Å². The summed E-state index contributed by atoms with van der Waals surface area (Å²) >= 11 is 6.83. The Hall–Kier alpha value is -4.02. The van der Waals surface area contributed by atoms with E-state index in [-0.39, 0.29) is 51.0 Å². The molecule has 2 aliphatic heterocycles. The van der Waals surface area contributed by atoms with Crippen molar-refractivity contribution in [2.45, 2.75) is 45.7 Å². The number of halogens is 3. The van der Waals surface area contributed by atoms with Crippen LogP contribution in [0.5, 0.6) is 5.75 Å². The first-order chi connectivity index (χ1) is 20.5. The van der Waals surface area contributed by atoms with E-state index < -0.39 is 23.2 Å². The number of pyridine rings is 2. The van der Waals surface area contributed by atoms with Crippen LogP contribution < -0.4 is 25.4 Å². The Balaban J connectivity index is 1.86. The first-order valence-electron chi connectivity index (χ1n) is 14.1. The maximum Gasteiger partial charge on any atom is 0.281 e. The van der Waals surface area contributed by atoms with Gasteiger partial charge in [0.2, 0.25) is 0 Å². The summed E-state index contributed by atoms with van der Waals surface area (Å²) in [5, 5.41) is 3.59. The van der Waals surface area contributed by atoms with Crippen LogP contribution in [0.25, 0.3) is 27.7 Å². The van der Waals surface area contributed by atoms with Crippen LogP contribution in [0.1, 0.15) is 37.9 Å². The average molecular weight is 608 g/mol. The number of methoxy groups -OCH3 is 1. The van der Waals surface area contributed by atoms with Crippen LogP contribution >= 0.6 is 11.6 Å². The smallest absolute Gasteiger partial charge is 0.281 e. The van der Waals surface area contributed by atoms with Crippen LogP contribution in [0.3, 0.4) is 0 Å². The summed E-state index contributed by atoms with van der Waals surface area (Å²) in [6, 6.07) is 6.88. The van der Waals surface area contributed by atoms with E-state index >= 15 is 8.78 Å². The van der Waals surface area contributed by atoms with Crippen molar-refractivity contribution in [3.8, 4) is 22.6 Å². The van der Waals surface area contributed by atoms with Gasteiger partial charge in [0.05, 0.1) is 40.3 Å². The third-order valence-electron chi connectivity index (χ3n) is 8.42. The summed E-state index contributed by atoms with van der Waals surface area (Å²) < 4.78 is 39.4. The zero-order chi connectivity index (χ0) is 30.9. The molecule has 4 heterocycles. The highest BCUT2D eigenvalue weighted by Crippen LogP contribution is 2.47. The number of fused-ring (bicyclic) bond motifs is 5. The molecule has 1 saturated heterocycles. The zero-order valence-corrected chi connectivity index (χ0v) is 25.5. The van der Waals surface area contributed by atoms with Gasteiger partial charge in [0.25, 0.3) is 11.5 Å². The predicted molar refractivity (Wildman–Crippen MR) is 165 cm³/mol. The molecule has 224 valence electrons. The van der Waals surface area contributed by atoms with Gasteiger partial charge in [0, 0.05) is 43.3 Å². The number of hydrogen-bond acceptors (Lipinski definition) is 6. The second kappa shape index (κ2) is 10.6. The molecular weight excluding hydrogens is 576 g/mol. The van der Waals surface area contributed by atoms with E-state index in [4.69, 9.17) is 16.3 Å². The van der Waals surface area contributed by atoms with Gasteiger partial charge in [-0.1, -0.05) is 31.5 Å². The number of nitrogens with one attached hydrogen (secondary N) is 1. The molecule has 1 fully saturated rings. The average Bonchev–Trinajstić information content (AvgIpc) is 2.96. The summed E-state index contributed by atoms with van der Waals surface area (Å²) in [6.45, 7) is 8.42. The number of rotatable bonds is 4. The van der Waals surface area contributed by atoms with Crippen molar-refractivity contribution in [2.75, 3.05) is 37.0 Å². The Morgan fingerprint density at radius 2 is 1.86 bits per heavy atom.